The van der Waals surface area contributed by atoms with Crippen LogP contribution in [0.1, 0.15) is 4.88 Å². The number of thiophene rings is 1. The van der Waals surface area contributed by atoms with E-state index < -0.39 is 0 Å². The van der Waals surface area contributed by atoms with Gasteiger partial charge in [0.1, 0.15) is 5.75 Å². The van der Waals surface area contributed by atoms with Crippen LogP contribution in [0.4, 0.5) is 0 Å². The first-order chi connectivity index (χ1) is 15.2. The summed E-state index contributed by atoms with van der Waals surface area (Å²) in [6, 6.07) is 16.5. The molecule has 3 N–H and O–H groups in total. The fourth-order valence-corrected chi connectivity index (χ4v) is 4.84. The molecule has 5 heterocycles. The summed E-state index contributed by atoms with van der Waals surface area (Å²) in [5.41, 5.74) is 6.42. The van der Waals surface area contributed by atoms with Crippen LogP contribution >= 0.6 is 11.3 Å². The molecule has 7 heteroatoms. The molecule has 0 amide bonds. The van der Waals surface area contributed by atoms with Gasteiger partial charge in [0.15, 0.2) is 5.65 Å². The smallest absolute Gasteiger partial charge is 0.181 e. The fraction of sp³-hybridized carbons (Fsp3) is 0.0417. The molecule has 0 saturated heterocycles. The van der Waals surface area contributed by atoms with Gasteiger partial charge in [-0.25, -0.2) is 4.98 Å². The van der Waals surface area contributed by atoms with Gasteiger partial charge >= 0.3 is 0 Å². The van der Waals surface area contributed by atoms with E-state index in [0.29, 0.717) is 5.65 Å². The van der Waals surface area contributed by atoms with E-state index in [9.17, 15) is 5.11 Å². The number of rotatable bonds is 3. The van der Waals surface area contributed by atoms with Crippen molar-refractivity contribution in [3.05, 3.63) is 72.0 Å². The van der Waals surface area contributed by atoms with Gasteiger partial charge in [0.05, 0.1) is 17.6 Å². The van der Waals surface area contributed by atoms with E-state index in [1.54, 1.807) is 29.8 Å². The van der Waals surface area contributed by atoms with Gasteiger partial charge in [-0.1, -0.05) is 12.1 Å². The minimum atomic E-state index is 0.122. The van der Waals surface area contributed by atoms with Crippen LogP contribution in [-0.4, -0.2) is 30.3 Å². The zero-order valence-electron chi connectivity index (χ0n) is 16.5. The lowest BCUT2D eigenvalue weighted by molar-refractivity contribution is 0.473. The Labute approximate surface area is 181 Å². The van der Waals surface area contributed by atoms with Crippen LogP contribution in [0.25, 0.3) is 54.9 Å². The van der Waals surface area contributed by atoms with Gasteiger partial charge in [0.2, 0.25) is 0 Å². The van der Waals surface area contributed by atoms with E-state index in [4.69, 9.17) is 0 Å². The topological polar surface area (TPSA) is 90.5 Å². The molecule has 6 rings (SSSR count). The SMILES string of the molecule is Cc1ccc(-c2cccc3[nH]c(-c4[nH]nc5ncc(-c6cncc(O)c6)cc45)cc23)s1. The lowest BCUT2D eigenvalue weighted by Crippen LogP contribution is -1.84. The van der Waals surface area contributed by atoms with Crippen LogP contribution in [-0.2, 0) is 0 Å². The molecule has 0 aliphatic rings. The maximum absolute atomic E-state index is 9.78. The number of pyridine rings is 2. The molecule has 0 aliphatic carbocycles. The number of aromatic hydroxyl groups is 1. The molecule has 6 aromatic rings. The van der Waals surface area contributed by atoms with Gasteiger partial charge < -0.3 is 10.1 Å². The molecule has 1 aromatic carbocycles. The molecular weight excluding hydrogens is 406 g/mol. The number of aromatic nitrogens is 5. The van der Waals surface area contributed by atoms with Crippen molar-refractivity contribution in [2.24, 2.45) is 0 Å². The maximum atomic E-state index is 9.78. The molecule has 0 radical (unpaired) electrons. The monoisotopic (exact) mass is 423 g/mol. The molecular formula is C24H17N5OS. The first-order valence-electron chi connectivity index (χ1n) is 9.83. The second-order valence-electron chi connectivity index (χ2n) is 7.49. The van der Waals surface area contributed by atoms with Crippen molar-refractivity contribution >= 4 is 33.3 Å². The second kappa shape index (κ2) is 6.78. The zero-order valence-corrected chi connectivity index (χ0v) is 17.4. The molecule has 0 fully saturated rings. The predicted octanol–water partition coefficient (Wildman–Crippen LogP) is 5.91. The molecule has 0 spiro atoms. The third-order valence-electron chi connectivity index (χ3n) is 5.41. The van der Waals surface area contributed by atoms with Gasteiger partial charge in [0, 0.05) is 55.1 Å². The van der Waals surface area contributed by atoms with Gasteiger partial charge in [-0.15, -0.1) is 11.3 Å². The van der Waals surface area contributed by atoms with Crippen LogP contribution < -0.4 is 0 Å². The van der Waals surface area contributed by atoms with Crippen LogP contribution in [0.3, 0.4) is 0 Å². The van der Waals surface area contributed by atoms with E-state index in [1.807, 2.05) is 6.07 Å². The Balaban J connectivity index is 1.51. The van der Waals surface area contributed by atoms with Crippen molar-refractivity contribution in [2.75, 3.05) is 0 Å². The Morgan fingerprint density at radius 2 is 1.84 bits per heavy atom. The van der Waals surface area contributed by atoms with Crippen molar-refractivity contribution in [1.82, 2.24) is 25.1 Å². The highest BCUT2D eigenvalue weighted by Gasteiger charge is 2.15. The Hall–Kier alpha value is -3.97. The zero-order chi connectivity index (χ0) is 20.9. The Morgan fingerprint density at radius 1 is 0.935 bits per heavy atom. The quantitative estimate of drug-likeness (QED) is 0.330. The molecule has 0 saturated carbocycles. The number of fused-ring (bicyclic) bond motifs is 2. The highest BCUT2D eigenvalue weighted by Crippen LogP contribution is 2.37. The first-order valence-corrected chi connectivity index (χ1v) is 10.6. The van der Waals surface area contributed by atoms with Crippen LogP contribution in [0, 0.1) is 6.92 Å². The molecule has 0 unspecified atom stereocenters. The molecule has 5 aromatic heterocycles. The second-order valence-corrected chi connectivity index (χ2v) is 8.77. The van der Waals surface area contributed by atoms with Gasteiger partial charge in [0.25, 0.3) is 0 Å². The molecule has 0 atom stereocenters. The van der Waals surface area contributed by atoms with Gasteiger partial charge in [-0.3, -0.25) is 10.1 Å². The summed E-state index contributed by atoms with van der Waals surface area (Å²) in [6.45, 7) is 2.13. The molecule has 0 bridgehead atoms. The third kappa shape index (κ3) is 2.98. The number of aromatic amines is 2. The fourth-order valence-electron chi connectivity index (χ4n) is 3.93. The largest absolute Gasteiger partial charge is 0.506 e. The van der Waals surface area contributed by atoms with Crippen molar-refractivity contribution in [1.29, 1.82) is 0 Å². The normalized spacial score (nSPS) is 11.5. The summed E-state index contributed by atoms with van der Waals surface area (Å²) >= 11 is 1.80. The summed E-state index contributed by atoms with van der Waals surface area (Å²) < 4.78 is 0. The highest BCUT2D eigenvalue weighted by atomic mass is 32.1. The first kappa shape index (κ1) is 17.9. The van der Waals surface area contributed by atoms with E-state index in [2.05, 4.69) is 68.5 Å². The third-order valence-corrected chi connectivity index (χ3v) is 6.44. The number of nitrogens with one attached hydrogen (secondary N) is 2. The predicted molar refractivity (Wildman–Crippen MR) is 124 cm³/mol. The lowest BCUT2D eigenvalue weighted by atomic mass is 10.1. The molecule has 150 valence electrons. The van der Waals surface area contributed by atoms with Gasteiger partial charge in [-0.05, 0) is 43.3 Å². The standard InChI is InChI=1S/C24H17N5OS/c1-13-5-6-22(31-13)17-3-2-4-20-18(17)9-21(27-20)23-19-8-15(11-26-24(19)29-28-23)14-7-16(30)12-25-10-14/h2-12,27,30H,1H3,(H,26,28,29). The average molecular weight is 424 g/mol. The van der Waals surface area contributed by atoms with E-state index in [-0.39, 0.29) is 5.75 Å². The molecule has 0 aliphatic heterocycles. The Morgan fingerprint density at radius 3 is 2.68 bits per heavy atom. The summed E-state index contributed by atoms with van der Waals surface area (Å²) in [6.07, 6.45) is 4.86. The number of nitrogens with zero attached hydrogens (tertiary/aromatic N) is 3. The minimum Gasteiger partial charge on any atom is -0.506 e. The lowest BCUT2D eigenvalue weighted by Gasteiger charge is -2.02. The van der Waals surface area contributed by atoms with E-state index in [1.165, 1.54) is 26.9 Å². The van der Waals surface area contributed by atoms with Crippen molar-refractivity contribution in [2.45, 2.75) is 6.92 Å². The van der Waals surface area contributed by atoms with Crippen molar-refractivity contribution in [3.63, 3.8) is 0 Å². The summed E-state index contributed by atoms with van der Waals surface area (Å²) in [5, 5.41) is 19.4. The van der Waals surface area contributed by atoms with Crippen LogP contribution in [0.15, 0.2) is 67.1 Å². The summed E-state index contributed by atoms with van der Waals surface area (Å²) in [4.78, 5) is 14.6. The van der Waals surface area contributed by atoms with Gasteiger partial charge in [-0.2, -0.15) is 5.10 Å². The number of H-pyrrole nitrogens is 2. The van der Waals surface area contributed by atoms with Crippen LogP contribution in [0.5, 0.6) is 5.75 Å². The molecule has 6 nitrogen and oxygen atoms in total. The Kier molecular flexibility index (Phi) is 3.91. The van der Waals surface area contributed by atoms with E-state index >= 15 is 0 Å². The number of hydrogen-bond donors (Lipinski definition) is 3. The highest BCUT2D eigenvalue weighted by molar-refractivity contribution is 7.15. The maximum Gasteiger partial charge on any atom is 0.181 e. The van der Waals surface area contributed by atoms with Crippen molar-refractivity contribution < 1.29 is 5.11 Å². The average Bonchev–Trinajstić information content (AvgIpc) is 3.50. The minimum absolute atomic E-state index is 0.122. The number of benzene rings is 1. The summed E-state index contributed by atoms with van der Waals surface area (Å²) in [5.74, 6) is 0.122. The number of aryl methyl sites for hydroxylation is 1. The number of hydrogen-bond acceptors (Lipinski definition) is 5. The molecule has 31 heavy (non-hydrogen) atoms. The summed E-state index contributed by atoms with van der Waals surface area (Å²) in [7, 11) is 0. The van der Waals surface area contributed by atoms with Crippen molar-refractivity contribution in [3.8, 4) is 38.7 Å². The Bertz CT molecular complexity index is 1580. The van der Waals surface area contributed by atoms with E-state index in [0.717, 1.165) is 33.4 Å². The van der Waals surface area contributed by atoms with Crippen LogP contribution in [0.2, 0.25) is 0 Å².